The lowest BCUT2D eigenvalue weighted by Gasteiger charge is -2.53. The van der Waals surface area contributed by atoms with Gasteiger partial charge < -0.3 is 15.1 Å². The lowest BCUT2D eigenvalue weighted by Crippen LogP contribution is -2.61. The van der Waals surface area contributed by atoms with Crippen LogP contribution in [-0.4, -0.2) is 39.8 Å². The Balaban J connectivity index is 3.39. The van der Waals surface area contributed by atoms with Crippen molar-refractivity contribution in [3.05, 3.63) is 0 Å². The summed E-state index contributed by atoms with van der Waals surface area (Å²) in [5, 5.41) is 19.3. The fraction of sp³-hybridized carbons (Fsp3) is 0.875. The number of likely N-dealkylation sites (tertiary alicyclic amines) is 1. The molecule has 0 bridgehead atoms. The molecule has 1 saturated heterocycles. The molecule has 0 aromatic carbocycles. The van der Waals surface area contributed by atoms with Crippen molar-refractivity contribution in [3.63, 3.8) is 0 Å². The highest BCUT2D eigenvalue weighted by molar-refractivity contribution is 5.73. The van der Waals surface area contributed by atoms with Crippen LogP contribution in [0.25, 0.3) is 0 Å². The average molecular weight is 299 g/mol. The molecule has 0 radical (unpaired) electrons. The van der Waals surface area contributed by atoms with Crippen molar-refractivity contribution in [2.75, 3.05) is 6.54 Å². The van der Waals surface area contributed by atoms with E-state index in [0.29, 0.717) is 0 Å². The molecule has 1 heterocycles. The lowest BCUT2D eigenvalue weighted by molar-refractivity contribution is -0.159. The van der Waals surface area contributed by atoms with Crippen molar-refractivity contribution >= 4 is 12.1 Å². The molecule has 0 aromatic heterocycles. The number of carboxylic acid groups (broad SMARTS) is 2. The number of carbonyl (C=O) groups is 2. The lowest BCUT2D eigenvalue weighted by atomic mass is 9.58. The normalized spacial score (nSPS) is 31.1. The van der Waals surface area contributed by atoms with Gasteiger partial charge in [-0.1, -0.05) is 41.5 Å². The molecule has 1 rings (SSSR count). The number of carboxylic acids is 1. The maximum Gasteiger partial charge on any atom is 0.407 e. The summed E-state index contributed by atoms with van der Waals surface area (Å²) in [5.41, 5.74) is -0.541. The molecule has 0 aromatic rings. The first-order valence-corrected chi connectivity index (χ1v) is 7.51. The first-order chi connectivity index (χ1) is 9.28. The summed E-state index contributed by atoms with van der Waals surface area (Å²) in [6, 6.07) is -0.304. The zero-order valence-electron chi connectivity index (χ0n) is 14.2. The largest absolute Gasteiger partial charge is 0.481 e. The molecule has 1 aliphatic rings. The molecule has 4 atom stereocenters. The zero-order chi connectivity index (χ0) is 16.7. The van der Waals surface area contributed by atoms with Crippen molar-refractivity contribution < 1.29 is 19.8 Å². The monoisotopic (exact) mass is 299 g/mol. The number of aliphatic carboxylic acids is 1. The van der Waals surface area contributed by atoms with E-state index in [9.17, 15) is 19.8 Å². The standard InChI is InChI=1S/C16H29NO4/c1-9-12(16(5,6)7)11(13(18)19)10(15(2,3)4)8-17(9)14(20)21/h9-12H,8H2,1-7H3,(H,18,19)(H,20,21)/t9-,10?,11-,12?/m1/s1. The molecule has 0 spiro atoms. The first-order valence-electron chi connectivity index (χ1n) is 7.51. The minimum Gasteiger partial charge on any atom is -0.481 e. The van der Waals surface area contributed by atoms with Crippen LogP contribution < -0.4 is 0 Å². The maximum atomic E-state index is 11.9. The van der Waals surface area contributed by atoms with Crippen LogP contribution in [0.5, 0.6) is 0 Å². The van der Waals surface area contributed by atoms with E-state index in [1.807, 2.05) is 48.5 Å². The second kappa shape index (κ2) is 5.50. The van der Waals surface area contributed by atoms with Gasteiger partial charge >= 0.3 is 12.1 Å². The second-order valence-electron chi connectivity index (χ2n) is 8.40. The van der Waals surface area contributed by atoms with E-state index in [-0.39, 0.29) is 35.3 Å². The molecule has 1 aliphatic heterocycles. The Bertz CT molecular complexity index is 419. The molecule has 1 fully saturated rings. The number of amides is 1. The Morgan fingerprint density at radius 1 is 1.00 bits per heavy atom. The minimum absolute atomic E-state index is 0.202. The van der Waals surface area contributed by atoms with Crippen LogP contribution in [0.2, 0.25) is 0 Å². The van der Waals surface area contributed by atoms with Crippen LogP contribution in [-0.2, 0) is 4.79 Å². The highest BCUT2D eigenvalue weighted by Gasteiger charge is 2.53. The molecule has 2 unspecified atom stereocenters. The molecule has 122 valence electrons. The zero-order valence-corrected chi connectivity index (χ0v) is 14.2. The van der Waals surface area contributed by atoms with Crippen LogP contribution in [0.15, 0.2) is 0 Å². The Labute approximate surface area is 127 Å². The van der Waals surface area contributed by atoms with Gasteiger partial charge in [0.05, 0.1) is 5.92 Å². The Morgan fingerprint density at radius 2 is 1.48 bits per heavy atom. The van der Waals surface area contributed by atoms with Gasteiger partial charge in [-0.15, -0.1) is 0 Å². The van der Waals surface area contributed by atoms with Crippen molar-refractivity contribution in [1.29, 1.82) is 0 Å². The maximum absolute atomic E-state index is 11.9. The van der Waals surface area contributed by atoms with E-state index < -0.39 is 18.0 Å². The third-order valence-electron chi connectivity index (χ3n) is 4.87. The van der Waals surface area contributed by atoms with E-state index in [4.69, 9.17) is 0 Å². The topological polar surface area (TPSA) is 77.8 Å². The molecule has 1 amide bonds. The number of piperidine rings is 1. The smallest absolute Gasteiger partial charge is 0.407 e. The van der Waals surface area contributed by atoms with Gasteiger partial charge in [-0.2, -0.15) is 0 Å². The number of nitrogens with zero attached hydrogens (tertiary/aromatic N) is 1. The number of hydrogen-bond donors (Lipinski definition) is 2. The SMILES string of the molecule is C[C@@H]1C(C(C)(C)C)[C@H](C(=O)O)C(C(C)(C)C)CN1C(=O)O. The predicted octanol–water partition coefficient (Wildman–Crippen LogP) is 3.39. The van der Waals surface area contributed by atoms with Gasteiger partial charge in [0.1, 0.15) is 0 Å². The van der Waals surface area contributed by atoms with E-state index >= 15 is 0 Å². The van der Waals surface area contributed by atoms with E-state index in [1.54, 1.807) is 0 Å². The van der Waals surface area contributed by atoms with E-state index in [0.717, 1.165) is 0 Å². The van der Waals surface area contributed by atoms with Crippen LogP contribution >= 0.6 is 0 Å². The van der Waals surface area contributed by atoms with Gasteiger partial charge in [0, 0.05) is 12.6 Å². The summed E-state index contributed by atoms with van der Waals surface area (Å²) in [5.74, 6) is -1.77. The van der Waals surface area contributed by atoms with Crippen molar-refractivity contribution in [2.45, 2.75) is 54.5 Å². The predicted molar refractivity (Wildman–Crippen MR) is 81.2 cm³/mol. The third kappa shape index (κ3) is 3.50. The summed E-state index contributed by atoms with van der Waals surface area (Å²) in [6.07, 6.45) is -0.963. The van der Waals surface area contributed by atoms with Gasteiger partial charge in [-0.05, 0) is 29.6 Å². The Kier molecular flexibility index (Phi) is 4.66. The number of rotatable bonds is 1. The summed E-state index contributed by atoms with van der Waals surface area (Å²) in [6.45, 7) is 14.1. The fourth-order valence-corrected chi connectivity index (χ4v) is 3.89. The molecule has 5 heteroatoms. The average Bonchev–Trinajstić information content (AvgIpc) is 2.23. The summed E-state index contributed by atoms with van der Waals surface area (Å²) in [4.78, 5) is 24.9. The first kappa shape index (κ1) is 17.8. The van der Waals surface area contributed by atoms with Gasteiger partial charge in [0.25, 0.3) is 0 Å². The quantitative estimate of drug-likeness (QED) is 0.778. The van der Waals surface area contributed by atoms with Gasteiger partial charge in [0.2, 0.25) is 0 Å². The van der Waals surface area contributed by atoms with Crippen molar-refractivity contribution in [3.8, 4) is 0 Å². The summed E-state index contributed by atoms with van der Waals surface area (Å²) >= 11 is 0. The minimum atomic E-state index is -0.963. The van der Waals surface area contributed by atoms with Gasteiger partial charge in [0.15, 0.2) is 0 Å². The molecular weight excluding hydrogens is 270 g/mol. The molecule has 0 aliphatic carbocycles. The van der Waals surface area contributed by atoms with Gasteiger partial charge in [-0.3, -0.25) is 4.79 Å². The molecule has 21 heavy (non-hydrogen) atoms. The fourth-order valence-electron chi connectivity index (χ4n) is 3.89. The summed E-state index contributed by atoms with van der Waals surface area (Å²) < 4.78 is 0. The van der Waals surface area contributed by atoms with Gasteiger partial charge in [-0.25, -0.2) is 4.79 Å². The van der Waals surface area contributed by atoms with Crippen LogP contribution in [0.1, 0.15) is 48.5 Å². The molecule has 5 nitrogen and oxygen atoms in total. The van der Waals surface area contributed by atoms with Crippen LogP contribution in [0, 0.1) is 28.6 Å². The van der Waals surface area contributed by atoms with Crippen molar-refractivity contribution in [1.82, 2.24) is 4.90 Å². The second-order valence-corrected chi connectivity index (χ2v) is 8.40. The molecule has 0 saturated carbocycles. The van der Waals surface area contributed by atoms with Crippen LogP contribution in [0.4, 0.5) is 4.79 Å². The van der Waals surface area contributed by atoms with E-state index in [1.165, 1.54) is 4.90 Å². The Hall–Kier alpha value is -1.26. The highest BCUT2D eigenvalue weighted by Crippen LogP contribution is 2.48. The molecule has 2 N–H and O–H groups in total. The number of hydrogen-bond acceptors (Lipinski definition) is 2. The van der Waals surface area contributed by atoms with Crippen molar-refractivity contribution in [2.24, 2.45) is 28.6 Å². The Morgan fingerprint density at radius 3 is 1.76 bits per heavy atom. The van der Waals surface area contributed by atoms with E-state index in [2.05, 4.69) is 0 Å². The van der Waals surface area contributed by atoms with Crippen LogP contribution in [0.3, 0.4) is 0 Å². The third-order valence-corrected chi connectivity index (χ3v) is 4.87. The summed E-state index contributed by atoms with van der Waals surface area (Å²) in [7, 11) is 0. The highest BCUT2D eigenvalue weighted by atomic mass is 16.4. The molecular formula is C16H29NO4.